The van der Waals surface area contributed by atoms with Gasteiger partial charge in [0, 0.05) is 24.8 Å². The minimum atomic E-state index is -3.18. The first-order valence-corrected chi connectivity index (χ1v) is 9.33. The molecule has 1 aromatic heterocycles. The summed E-state index contributed by atoms with van der Waals surface area (Å²) >= 11 is 0. The molecule has 21 heavy (non-hydrogen) atoms. The molecule has 0 bridgehead atoms. The minimum absolute atomic E-state index is 0.104. The average Bonchev–Trinajstić information content (AvgIpc) is 2.74. The Morgan fingerprint density at radius 3 is 2.86 bits per heavy atom. The molecule has 2 rings (SSSR count). The average molecular weight is 314 g/mol. The third kappa shape index (κ3) is 5.41. The van der Waals surface area contributed by atoms with E-state index in [2.05, 4.69) is 15.1 Å². The van der Waals surface area contributed by atoms with Gasteiger partial charge in [0.25, 0.3) is 0 Å². The number of hydrogen-bond acceptors (Lipinski definition) is 4. The molecule has 0 radical (unpaired) electrons. The Morgan fingerprint density at radius 1 is 1.43 bits per heavy atom. The van der Waals surface area contributed by atoms with E-state index in [-0.39, 0.29) is 11.8 Å². The molecule has 2 N–H and O–H groups in total. The van der Waals surface area contributed by atoms with E-state index < -0.39 is 10.0 Å². The van der Waals surface area contributed by atoms with Crippen molar-refractivity contribution < 1.29 is 8.42 Å². The van der Waals surface area contributed by atoms with Gasteiger partial charge in [0.1, 0.15) is 0 Å². The number of hydrogen-bond donors (Lipinski definition) is 2. The van der Waals surface area contributed by atoms with Gasteiger partial charge in [-0.25, -0.2) is 13.1 Å². The normalized spacial score (nSPS) is 19.8. The summed E-state index contributed by atoms with van der Waals surface area (Å²) in [5.41, 5.74) is 2.11. The second kappa shape index (κ2) is 7.38. The molecule has 1 aromatic rings. The summed E-state index contributed by atoms with van der Waals surface area (Å²) < 4.78 is 28.6. The van der Waals surface area contributed by atoms with Gasteiger partial charge in [0.05, 0.1) is 11.4 Å². The van der Waals surface area contributed by atoms with Gasteiger partial charge in [0.15, 0.2) is 0 Å². The van der Waals surface area contributed by atoms with Crippen LogP contribution in [0.2, 0.25) is 0 Å². The second-order valence-electron chi connectivity index (χ2n) is 5.83. The maximum absolute atomic E-state index is 12.0. The van der Waals surface area contributed by atoms with E-state index in [0.717, 1.165) is 50.2 Å². The van der Waals surface area contributed by atoms with Gasteiger partial charge < -0.3 is 5.32 Å². The molecule has 2 heterocycles. The molecule has 1 saturated heterocycles. The fourth-order valence-corrected chi connectivity index (χ4v) is 4.14. The molecule has 1 fully saturated rings. The highest BCUT2D eigenvalue weighted by Gasteiger charge is 2.20. The molecule has 1 unspecified atom stereocenters. The van der Waals surface area contributed by atoms with Crippen molar-refractivity contribution in [2.45, 2.75) is 52.1 Å². The third-order valence-electron chi connectivity index (χ3n) is 3.81. The molecule has 0 spiro atoms. The van der Waals surface area contributed by atoms with Crippen LogP contribution in [0.3, 0.4) is 0 Å². The zero-order chi connectivity index (χ0) is 15.3. The molecule has 7 heteroatoms. The highest BCUT2D eigenvalue weighted by molar-refractivity contribution is 7.89. The number of nitrogens with one attached hydrogen (secondary N) is 2. The summed E-state index contributed by atoms with van der Waals surface area (Å²) in [7, 11) is -3.18. The highest BCUT2D eigenvalue weighted by Crippen LogP contribution is 2.08. The lowest BCUT2D eigenvalue weighted by Crippen LogP contribution is -2.42. The molecular weight excluding hydrogens is 288 g/mol. The van der Waals surface area contributed by atoms with Crippen LogP contribution in [0, 0.1) is 13.8 Å². The van der Waals surface area contributed by atoms with Crippen LogP contribution < -0.4 is 10.0 Å². The maximum atomic E-state index is 12.0. The monoisotopic (exact) mass is 314 g/mol. The quantitative estimate of drug-likeness (QED) is 0.735. The zero-order valence-corrected chi connectivity index (χ0v) is 13.7. The Morgan fingerprint density at radius 2 is 2.24 bits per heavy atom. The van der Waals surface area contributed by atoms with E-state index in [1.165, 1.54) is 0 Å². The van der Waals surface area contributed by atoms with E-state index >= 15 is 0 Å². The standard InChI is InChI=1S/C14H26N4O2S/c1-12-10-13(2)18(17-12)9-5-8-16-21(19,20)11-14-6-3-4-7-15-14/h10,14-16H,3-9,11H2,1-2H3. The number of aromatic nitrogens is 2. The lowest BCUT2D eigenvalue weighted by molar-refractivity contribution is 0.422. The van der Waals surface area contributed by atoms with Crippen LogP contribution in [-0.2, 0) is 16.6 Å². The van der Waals surface area contributed by atoms with Gasteiger partial charge in [-0.15, -0.1) is 0 Å². The molecule has 0 saturated carbocycles. The lowest BCUT2D eigenvalue weighted by atomic mass is 10.1. The van der Waals surface area contributed by atoms with E-state index in [4.69, 9.17) is 0 Å². The van der Waals surface area contributed by atoms with E-state index in [1.807, 2.05) is 24.6 Å². The highest BCUT2D eigenvalue weighted by atomic mass is 32.2. The smallest absolute Gasteiger partial charge is 0.213 e. The van der Waals surface area contributed by atoms with Crippen LogP contribution in [0.15, 0.2) is 6.07 Å². The fourth-order valence-electron chi connectivity index (χ4n) is 2.75. The van der Waals surface area contributed by atoms with Crippen molar-refractivity contribution in [2.24, 2.45) is 0 Å². The molecule has 0 amide bonds. The topological polar surface area (TPSA) is 76.0 Å². The molecule has 1 aliphatic rings. The van der Waals surface area contributed by atoms with Gasteiger partial charge in [-0.3, -0.25) is 4.68 Å². The van der Waals surface area contributed by atoms with Crippen molar-refractivity contribution >= 4 is 10.0 Å². The summed E-state index contributed by atoms with van der Waals surface area (Å²) in [6.07, 6.45) is 3.96. The number of nitrogens with zero attached hydrogens (tertiary/aromatic N) is 2. The fraction of sp³-hybridized carbons (Fsp3) is 0.786. The Labute approximate surface area is 127 Å². The number of rotatable bonds is 7. The van der Waals surface area contributed by atoms with Crippen molar-refractivity contribution in [1.29, 1.82) is 0 Å². The largest absolute Gasteiger partial charge is 0.313 e. The first kappa shape index (κ1) is 16.5. The zero-order valence-electron chi connectivity index (χ0n) is 12.9. The summed E-state index contributed by atoms with van der Waals surface area (Å²) in [4.78, 5) is 0. The second-order valence-corrected chi connectivity index (χ2v) is 7.68. The van der Waals surface area contributed by atoms with Crippen LogP contribution in [0.25, 0.3) is 0 Å². The van der Waals surface area contributed by atoms with E-state index in [0.29, 0.717) is 6.54 Å². The number of sulfonamides is 1. The predicted molar refractivity (Wildman–Crippen MR) is 83.7 cm³/mol. The van der Waals surface area contributed by atoms with Crippen molar-refractivity contribution in [3.05, 3.63) is 17.5 Å². The molecule has 6 nitrogen and oxygen atoms in total. The summed E-state index contributed by atoms with van der Waals surface area (Å²) in [6.45, 7) is 6.11. The van der Waals surface area contributed by atoms with Gasteiger partial charge in [-0.05, 0) is 45.7 Å². The molecular formula is C14H26N4O2S. The first-order chi connectivity index (χ1) is 9.96. The Kier molecular flexibility index (Phi) is 5.78. The van der Waals surface area contributed by atoms with Crippen LogP contribution in [0.1, 0.15) is 37.1 Å². The van der Waals surface area contributed by atoms with Crippen LogP contribution in [-0.4, -0.2) is 43.1 Å². The summed E-state index contributed by atoms with van der Waals surface area (Å²) in [5, 5.41) is 7.64. The van der Waals surface area contributed by atoms with Crippen molar-refractivity contribution in [3.63, 3.8) is 0 Å². The molecule has 1 aliphatic heterocycles. The van der Waals surface area contributed by atoms with Crippen molar-refractivity contribution in [3.8, 4) is 0 Å². The summed E-state index contributed by atoms with van der Waals surface area (Å²) in [5.74, 6) is 0.187. The van der Waals surface area contributed by atoms with E-state index in [1.54, 1.807) is 0 Å². The molecule has 0 aliphatic carbocycles. The Bertz CT molecular complexity index is 547. The molecule has 120 valence electrons. The van der Waals surface area contributed by atoms with Crippen molar-refractivity contribution in [1.82, 2.24) is 19.8 Å². The van der Waals surface area contributed by atoms with Crippen molar-refractivity contribution in [2.75, 3.05) is 18.8 Å². The maximum Gasteiger partial charge on any atom is 0.213 e. The Balaban J connectivity index is 1.70. The van der Waals surface area contributed by atoms with Gasteiger partial charge >= 0.3 is 0 Å². The van der Waals surface area contributed by atoms with Gasteiger partial charge in [-0.2, -0.15) is 5.10 Å². The minimum Gasteiger partial charge on any atom is -0.313 e. The van der Waals surface area contributed by atoms with Crippen LogP contribution in [0.5, 0.6) is 0 Å². The first-order valence-electron chi connectivity index (χ1n) is 7.68. The lowest BCUT2D eigenvalue weighted by Gasteiger charge is -2.23. The van der Waals surface area contributed by atoms with E-state index in [9.17, 15) is 8.42 Å². The van der Waals surface area contributed by atoms with Gasteiger partial charge in [0.2, 0.25) is 10.0 Å². The van der Waals surface area contributed by atoms with Crippen LogP contribution >= 0.6 is 0 Å². The SMILES string of the molecule is Cc1cc(C)n(CCCNS(=O)(=O)CC2CCCCN2)n1. The third-order valence-corrected chi connectivity index (χ3v) is 5.29. The Hall–Kier alpha value is -0.920. The number of piperidine rings is 1. The predicted octanol–water partition coefficient (Wildman–Crippen LogP) is 0.952. The summed E-state index contributed by atoms with van der Waals surface area (Å²) in [6, 6.07) is 2.13. The molecule has 1 atom stereocenters. The molecule has 0 aromatic carbocycles. The number of aryl methyl sites for hydroxylation is 3. The van der Waals surface area contributed by atoms with Crippen LogP contribution in [0.4, 0.5) is 0 Å². The van der Waals surface area contributed by atoms with Gasteiger partial charge in [-0.1, -0.05) is 6.42 Å².